The quantitative estimate of drug-likeness (QED) is 0.347. The van der Waals surface area contributed by atoms with Gasteiger partial charge in [-0.3, -0.25) is 0 Å². The first kappa shape index (κ1) is 25.1. The van der Waals surface area contributed by atoms with Crippen molar-refractivity contribution in [3.63, 3.8) is 0 Å². The molecule has 1 rings (SSSR count). The summed E-state index contributed by atoms with van der Waals surface area (Å²) in [5.74, 6) is -0.104. The van der Waals surface area contributed by atoms with E-state index in [4.69, 9.17) is 9.30 Å². The molecule has 0 aromatic heterocycles. The number of hydrogen-bond donors (Lipinski definition) is 0. The Kier molecular flexibility index (Phi) is 19.5. The predicted octanol–water partition coefficient (Wildman–Crippen LogP) is 4.03. The van der Waals surface area contributed by atoms with Crippen LogP contribution in [0, 0.1) is 25.2 Å². The molecule has 0 bridgehead atoms. The van der Waals surface area contributed by atoms with Gasteiger partial charge in [-0.15, -0.1) is 28.0 Å². The van der Waals surface area contributed by atoms with Crippen molar-refractivity contribution in [3.05, 3.63) is 48.4 Å². The van der Waals surface area contributed by atoms with Crippen LogP contribution in [0.25, 0.3) is 0 Å². The van der Waals surface area contributed by atoms with Gasteiger partial charge < -0.3 is 0 Å². The van der Waals surface area contributed by atoms with E-state index < -0.39 is 0 Å². The van der Waals surface area contributed by atoms with E-state index in [2.05, 4.69) is 46.0 Å². The Morgan fingerprint density at radius 3 is 1.50 bits per heavy atom. The molecule has 1 aromatic carbocycles. The SMILES string of the molecule is CP(C)Cc1[c-]c(CP(C)C)cc(F)c1.[C-]#[O+].[C-]#[O+].[Ir]. The minimum Gasteiger partial charge on any atom is 0 e. The Morgan fingerprint density at radius 1 is 0.950 bits per heavy atom. The molecular weight excluding hydrogens is 473 g/mol. The third kappa shape index (κ3) is 13.1. The van der Waals surface area contributed by atoms with Crippen LogP contribution in [0.5, 0.6) is 0 Å². The van der Waals surface area contributed by atoms with Crippen molar-refractivity contribution in [2.45, 2.75) is 12.3 Å². The minimum absolute atomic E-state index is 0. The summed E-state index contributed by atoms with van der Waals surface area (Å²) in [5.41, 5.74) is 2.08. The molecule has 0 aliphatic rings. The van der Waals surface area contributed by atoms with Gasteiger partial charge in [0.2, 0.25) is 0 Å². The van der Waals surface area contributed by atoms with Gasteiger partial charge in [0.25, 0.3) is 0 Å². The zero-order valence-corrected chi connectivity index (χ0v) is 16.2. The molecule has 20 heavy (non-hydrogen) atoms. The normalized spacial score (nSPS) is 8.75. The molecule has 0 aliphatic carbocycles. The molecule has 0 fully saturated rings. The van der Waals surface area contributed by atoms with Crippen molar-refractivity contribution in [1.82, 2.24) is 0 Å². The van der Waals surface area contributed by atoms with E-state index in [1.165, 1.54) is 0 Å². The fraction of sp³-hybridized carbons (Fsp3) is 0.429. The molecule has 0 amide bonds. The van der Waals surface area contributed by atoms with Crippen molar-refractivity contribution < 1.29 is 33.8 Å². The molecule has 6 heteroatoms. The predicted molar refractivity (Wildman–Crippen MR) is 78.0 cm³/mol. The van der Waals surface area contributed by atoms with Gasteiger partial charge >= 0.3 is 22.6 Å². The van der Waals surface area contributed by atoms with Crippen molar-refractivity contribution in [1.29, 1.82) is 0 Å². The van der Waals surface area contributed by atoms with Crippen LogP contribution in [0.1, 0.15) is 11.1 Å². The second-order valence-electron chi connectivity index (χ2n) is 4.32. The second-order valence-corrected chi connectivity index (χ2v) is 9.28. The summed E-state index contributed by atoms with van der Waals surface area (Å²) in [5, 5.41) is 0. The van der Waals surface area contributed by atoms with Crippen LogP contribution >= 0.6 is 15.8 Å². The van der Waals surface area contributed by atoms with Gasteiger partial charge in [-0.05, 0) is 39.0 Å². The van der Waals surface area contributed by atoms with E-state index in [1.54, 1.807) is 12.1 Å². The Balaban J connectivity index is -0.000000529. The van der Waals surface area contributed by atoms with Crippen molar-refractivity contribution in [2.75, 3.05) is 26.7 Å². The third-order valence-corrected chi connectivity index (χ3v) is 3.86. The molecule has 0 saturated carbocycles. The van der Waals surface area contributed by atoms with Gasteiger partial charge in [-0.1, -0.05) is 0 Å². The van der Waals surface area contributed by atoms with Crippen molar-refractivity contribution >= 4 is 15.8 Å². The van der Waals surface area contributed by atoms with Crippen LogP contribution in [0.2, 0.25) is 0 Å². The maximum absolute atomic E-state index is 13.3. The van der Waals surface area contributed by atoms with E-state index in [0.717, 1.165) is 23.5 Å². The first-order valence-corrected chi connectivity index (χ1v) is 10.2. The molecular formula is C14H18FIrO2P2-. The van der Waals surface area contributed by atoms with Gasteiger partial charge in [0.15, 0.2) is 0 Å². The summed E-state index contributed by atoms with van der Waals surface area (Å²) in [4.78, 5) is 0. The first-order valence-electron chi connectivity index (χ1n) is 5.38. The Morgan fingerprint density at radius 2 is 1.25 bits per heavy atom. The van der Waals surface area contributed by atoms with Gasteiger partial charge in [-0.2, -0.15) is 17.2 Å². The molecule has 2 nitrogen and oxygen atoms in total. The van der Waals surface area contributed by atoms with Gasteiger partial charge in [0, 0.05) is 25.9 Å². The Hall–Kier alpha value is 0.139. The van der Waals surface area contributed by atoms with E-state index in [-0.39, 0.29) is 41.8 Å². The fourth-order valence-electron chi connectivity index (χ4n) is 1.50. The van der Waals surface area contributed by atoms with Crippen molar-refractivity contribution in [3.8, 4) is 0 Å². The average molecular weight is 491 g/mol. The van der Waals surface area contributed by atoms with E-state index >= 15 is 0 Å². The molecule has 0 N–H and O–H groups in total. The standard InChI is InChI=1S/C12H18FP2.2CO.Ir/c1-14(2)8-10-5-11(9-15(3)4)7-12(13)6-10;2*1-2;/h6-7H,8-9H2,1-4H3;;;/q-1;;;. The summed E-state index contributed by atoms with van der Waals surface area (Å²) in [7, 11) is -0.0290. The third-order valence-electron chi connectivity index (χ3n) is 1.92. The summed E-state index contributed by atoms with van der Waals surface area (Å²) in [6.45, 7) is 17.8. The molecule has 0 heterocycles. The molecule has 0 spiro atoms. The van der Waals surface area contributed by atoms with Crippen molar-refractivity contribution in [2.24, 2.45) is 0 Å². The molecule has 0 unspecified atom stereocenters. The number of hydrogen-bond acceptors (Lipinski definition) is 0. The van der Waals surface area contributed by atoms with Gasteiger partial charge in [-0.25, -0.2) is 4.39 Å². The monoisotopic (exact) mass is 492 g/mol. The Labute approximate surface area is 137 Å². The maximum Gasteiger partial charge on any atom is 0 e. The van der Waals surface area contributed by atoms with Crippen LogP contribution in [0.4, 0.5) is 4.39 Å². The van der Waals surface area contributed by atoms with Gasteiger partial charge in [0.1, 0.15) is 0 Å². The van der Waals surface area contributed by atoms with E-state index in [1.807, 2.05) is 0 Å². The zero-order valence-electron chi connectivity index (χ0n) is 12.0. The average Bonchev–Trinajstić information content (AvgIpc) is 2.31. The second kappa shape index (κ2) is 15.5. The molecule has 0 saturated heterocycles. The maximum atomic E-state index is 13.3. The molecule has 0 atom stereocenters. The number of rotatable bonds is 4. The Bertz CT molecular complexity index is 372. The summed E-state index contributed by atoms with van der Waals surface area (Å²) in [6, 6.07) is 6.59. The van der Waals surface area contributed by atoms with Crippen LogP contribution in [0.15, 0.2) is 12.1 Å². The number of benzene rings is 1. The molecule has 1 aromatic rings. The fourth-order valence-corrected chi connectivity index (χ4v) is 3.21. The topological polar surface area (TPSA) is 39.8 Å². The largest absolute Gasteiger partial charge is 0 e. The molecule has 0 aliphatic heterocycles. The van der Waals surface area contributed by atoms with Crippen LogP contribution in [0.3, 0.4) is 0 Å². The smallest absolute Gasteiger partial charge is 0 e. The summed E-state index contributed by atoms with van der Waals surface area (Å²) < 4.78 is 28.3. The summed E-state index contributed by atoms with van der Waals surface area (Å²) >= 11 is 0. The zero-order chi connectivity index (χ0) is 15.4. The minimum atomic E-state index is -0.104. The first-order chi connectivity index (χ1) is 8.97. The van der Waals surface area contributed by atoms with Crippen LogP contribution < -0.4 is 0 Å². The van der Waals surface area contributed by atoms with Gasteiger partial charge in [0.05, 0.1) is 0 Å². The molecule has 113 valence electrons. The van der Waals surface area contributed by atoms with E-state index in [9.17, 15) is 4.39 Å². The number of halogens is 1. The van der Waals surface area contributed by atoms with E-state index in [0.29, 0.717) is 0 Å². The summed E-state index contributed by atoms with van der Waals surface area (Å²) in [6.07, 6.45) is 1.96. The molecule has 1 radical (unpaired) electrons. The van der Waals surface area contributed by atoms with Crippen LogP contribution in [-0.2, 0) is 41.7 Å². The van der Waals surface area contributed by atoms with Crippen LogP contribution in [-0.4, -0.2) is 26.7 Å².